The van der Waals surface area contributed by atoms with Crippen LogP contribution in [-0.4, -0.2) is 17.8 Å². The molecular weight excluding hydrogens is 212 g/mol. The average Bonchev–Trinajstić information content (AvgIpc) is 2.16. The molecule has 0 aliphatic heterocycles. The van der Waals surface area contributed by atoms with E-state index in [1.807, 2.05) is 0 Å². The molecule has 0 saturated carbocycles. The number of benzene rings is 1. The summed E-state index contributed by atoms with van der Waals surface area (Å²) in [6, 6.07) is 2.77. The van der Waals surface area contributed by atoms with E-state index in [9.17, 15) is 13.9 Å². The molecule has 2 atom stereocenters. The molecule has 2 nitrogen and oxygen atoms in total. The van der Waals surface area contributed by atoms with Crippen molar-refractivity contribution in [2.75, 3.05) is 6.54 Å². The molecule has 0 aliphatic rings. The average molecular weight is 228 g/mol. The first-order valence-electron chi connectivity index (χ1n) is 5.21. The number of halogens is 2. The molecule has 1 rings (SSSR count). The summed E-state index contributed by atoms with van der Waals surface area (Å²) < 4.78 is 26.0. The summed E-state index contributed by atoms with van der Waals surface area (Å²) in [7, 11) is 0. The van der Waals surface area contributed by atoms with Gasteiger partial charge in [0, 0.05) is 6.07 Å². The molecule has 16 heavy (non-hydrogen) atoms. The van der Waals surface area contributed by atoms with Gasteiger partial charge in [-0.2, -0.15) is 0 Å². The number of hydrogen-bond acceptors (Lipinski definition) is 2. The lowest BCUT2D eigenvalue weighted by Gasteiger charge is -2.21. The second-order valence-corrected chi connectivity index (χ2v) is 3.73. The van der Waals surface area contributed by atoms with Gasteiger partial charge in [0.25, 0.3) is 0 Å². The maximum Gasteiger partial charge on any atom is 0.126 e. The van der Waals surface area contributed by atoms with Gasteiger partial charge >= 0.3 is 0 Å². The van der Waals surface area contributed by atoms with Crippen LogP contribution in [0.4, 0.5) is 8.78 Å². The highest BCUT2D eigenvalue weighted by Crippen LogP contribution is 2.19. The molecule has 0 fully saturated rings. The molecule has 1 aromatic carbocycles. The van der Waals surface area contributed by atoms with Crippen molar-refractivity contribution >= 4 is 0 Å². The lowest BCUT2D eigenvalue weighted by atomic mass is 10.0. The molecule has 89 valence electrons. The second kappa shape index (κ2) is 5.92. The Balaban J connectivity index is 2.91. The molecule has 0 saturated heterocycles. The van der Waals surface area contributed by atoms with Gasteiger partial charge in [0.05, 0.1) is 12.1 Å². The minimum Gasteiger partial charge on any atom is -0.391 e. The minimum absolute atomic E-state index is 0.404. The van der Waals surface area contributed by atoms with E-state index in [-0.39, 0.29) is 0 Å². The Bertz CT molecular complexity index is 322. The number of aliphatic hydroxyl groups is 1. The third-order valence-electron chi connectivity index (χ3n) is 2.27. The highest BCUT2D eigenvalue weighted by molar-refractivity contribution is 5.22. The van der Waals surface area contributed by atoms with Crippen LogP contribution in [0.3, 0.4) is 0 Å². The molecular formula is C12H16F2NO. The summed E-state index contributed by atoms with van der Waals surface area (Å²) in [5, 5.41) is 12.5. The largest absolute Gasteiger partial charge is 0.391 e. The van der Waals surface area contributed by atoms with Crippen molar-refractivity contribution in [2.45, 2.75) is 25.5 Å². The Morgan fingerprint density at radius 3 is 2.31 bits per heavy atom. The van der Waals surface area contributed by atoms with Crippen LogP contribution in [0.1, 0.15) is 24.9 Å². The minimum atomic E-state index is -0.729. The lowest BCUT2D eigenvalue weighted by molar-refractivity contribution is 0.145. The topological polar surface area (TPSA) is 32.3 Å². The van der Waals surface area contributed by atoms with Crippen LogP contribution >= 0.6 is 0 Å². The highest BCUT2D eigenvalue weighted by Gasteiger charge is 2.17. The molecule has 0 aliphatic carbocycles. The van der Waals surface area contributed by atoms with E-state index >= 15 is 0 Å². The van der Waals surface area contributed by atoms with E-state index < -0.39 is 23.8 Å². The molecule has 2 N–H and O–H groups in total. The van der Waals surface area contributed by atoms with E-state index in [0.29, 0.717) is 18.5 Å². The van der Waals surface area contributed by atoms with Gasteiger partial charge in [0.15, 0.2) is 0 Å². The molecule has 0 aromatic heterocycles. The summed E-state index contributed by atoms with van der Waals surface area (Å²) in [6.45, 7) is 5.80. The Labute approximate surface area is 94.3 Å². The third kappa shape index (κ3) is 3.54. The fraction of sp³-hybridized carbons (Fsp3) is 0.417. The third-order valence-corrected chi connectivity index (χ3v) is 2.27. The van der Waals surface area contributed by atoms with Crippen molar-refractivity contribution in [1.82, 2.24) is 5.32 Å². The standard InChI is InChI=1S/C12H16F2NO/c1-3-4-15-12(8(2)16)9-5-10(13)7-11(14)6-9/h5-8,12,15-16H,1,3-4H2,2H3/t8-,12+/m0/s1. The van der Waals surface area contributed by atoms with Gasteiger partial charge in [-0.3, -0.25) is 0 Å². The quantitative estimate of drug-likeness (QED) is 0.809. The molecule has 0 spiro atoms. The van der Waals surface area contributed by atoms with Crippen molar-refractivity contribution in [2.24, 2.45) is 0 Å². The number of nitrogens with one attached hydrogen (secondary N) is 1. The first-order valence-corrected chi connectivity index (χ1v) is 5.21. The zero-order chi connectivity index (χ0) is 12.1. The van der Waals surface area contributed by atoms with Gasteiger partial charge < -0.3 is 10.4 Å². The normalized spacial score (nSPS) is 14.8. The van der Waals surface area contributed by atoms with Crippen LogP contribution in [0.15, 0.2) is 18.2 Å². The van der Waals surface area contributed by atoms with Gasteiger partial charge in [0.1, 0.15) is 11.6 Å². The Morgan fingerprint density at radius 1 is 1.31 bits per heavy atom. The van der Waals surface area contributed by atoms with Crippen LogP contribution in [0.25, 0.3) is 0 Å². The maximum absolute atomic E-state index is 13.0. The fourth-order valence-corrected chi connectivity index (χ4v) is 1.58. The maximum atomic E-state index is 13.0. The van der Waals surface area contributed by atoms with Crippen LogP contribution in [-0.2, 0) is 0 Å². The van der Waals surface area contributed by atoms with E-state index in [0.717, 1.165) is 6.07 Å². The number of aliphatic hydroxyl groups excluding tert-OH is 1. The first-order chi connectivity index (χ1) is 7.54. The molecule has 0 amide bonds. The van der Waals surface area contributed by atoms with E-state index in [1.165, 1.54) is 12.1 Å². The Kier molecular flexibility index (Phi) is 4.83. The molecule has 0 bridgehead atoms. The second-order valence-electron chi connectivity index (χ2n) is 3.73. The fourth-order valence-electron chi connectivity index (χ4n) is 1.58. The highest BCUT2D eigenvalue weighted by atomic mass is 19.1. The molecule has 1 radical (unpaired) electrons. The van der Waals surface area contributed by atoms with Gasteiger partial charge in [0.2, 0.25) is 0 Å². The predicted molar refractivity (Wildman–Crippen MR) is 58.8 cm³/mol. The van der Waals surface area contributed by atoms with Crippen LogP contribution in [0.2, 0.25) is 0 Å². The molecule has 0 unspecified atom stereocenters. The van der Waals surface area contributed by atoms with E-state index in [2.05, 4.69) is 12.2 Å². The summed E-state index contributed by atoms with van der Waals surface area (Å²) >= 11 is 0. The van der Waals surface area contributed by atoms with Gasteiger partial charge in [-0.1, -0.05) is 6.92 Å². The van der Waals surface area contributed by atoms with Crippen LogP contribution < -0.4 is 5.32 Å². The van der Waals surface area contributed by atoms with E-state index in [4.69, 9.17) is 0 Å². The number of rotatable bonds is 5. The lowest BCUT2D eigenvalue weighted by Crippen LogP contribution is -2.30. The molecule has 1 aromatic rings. The van der Waals surface area contributed by atoms with E-state index in [1.54, 1.807) is 6.92 Å². The monoisotopic (exact) mass is 228 g/mol. The van der Waals surface area contributed by atoms with Crippen molar-refractivity contribution < 1.29 is 13.9 Å². The Hall–Kier alpha value is -1.00. The zero-order valence-corrected chi connectivity index (χ0v) is 9.21. The summed E-state index contributed by atoms with van der Waals surface area (Å²) in [5.41, 5.74) is 0.404. The number of hydrogen-bond donors (Lipinski definition) is 2. The van der Waals surface area contributed by atoms with Gasteiger partial charge in [-0.05, 0) is 37.6 Å². The van der Waals surface area contributed by atoms with Gasteiger partial charge in [-0.15, -0.1) is 0 Å². The smallest absolute Gasteiger partial charge is 0.126 e. The summed E-state index contributed by atoms with van der Waals surface area (Å²) in [6.07, 6.45) is -0.0890. The molecule has 0 heterocycles. The van der Waals surface area contributed by atoms with Crippen molar-refractivity contribution in [3.8, 4) is 0 Å². The first kappa shape index (κ1) is 13.1. The SMILES string of the molecule is [CH2]CCN[C@@H](c1cc(F)cc(F)c1)[C@H](C)O. The van der Waals surface area contributed by atoms with Crippen molar-refractivity contribution in [3.63, 3.8) is 0 Å². The predicted octanol–water partition coefficient (Wildman–Crippen LogP) is 2.20. The zero-order valence-electron chi connectivity index (χ0n) is 9.21. The van der Waals surface area contributed by atoms with Gasteiger partial charge in [-0.25, -0.2) is 8.78 Å². The molecule has 4 heteroatoms. The van der Waals surface area contributed by atoms with Crippen LogP contribution in [0, 0.1) is 18.6 Å². The summed E-state index contributed by atoms with van der Waals surface area (Å²) in [4.78, 5) is 0. The van der Waals surface area contributed by atoms with Crippen molar-refractivity contribution in [3.05, 3.63) is 42.3 Å². The Morgan fingerprint density at radius 2 is 1.88 bits per heavy atom. The van der Waals surface area contributed by atoms with Crippen LogP contribution in [0.5, 0.6) is 0 Å². The summed E-state index contributed by atoms with van der Waals surface area (Å²) in [5.74, 6) is -1.28. The van der Waals surface area contributed by atoms with Crippen molar-refractivity contribution in [1.29, 1.82) is 0 Å².